The topological polar surface area (TPSA) is 32.7 Å². The quantitative estimate of drug-likeness (QED) is 0.588. The fourth-order valence-corrected chi connectivity index (χ4v) is 2.09. The fourth-order valence-electron chi connectivity index (χ4n) is 2.09. The Morgan fingerprint density at radius 2 is 1.73 bits per heavy atom. The highest BCUT2D eigenvalue weighted by Gasteiger charge is 2.33. The second-order valence-electron chi connectivity index (χ2n) is 6.08. The molecular formula is C16H21F3N2O. The van der Waals surface area contributed by atoms with Gasteiger partial charge in [-0.25, -0.2) is 5.01 Å². The van der Waals surface area contributed by atoms with Crippen molar-refractivity contribution in [1.29, 1.82) is 0 Å². The molecule has 3 nitrogen and oxygen atoms in total. The lowest BCUT2D eigenvalue weighted by Crippen LogP contribution is -2.38. The minimum Gasteiger partial charge on any atom is -0.272 e. The molecule has 0 saturated heterocycles. The summed E-state index contributed by atoms with van der Waals surface area (Å²) >= 11 is 0. The van der Waals surface area contributed by atoms with Crippen LogP contribution in [0.1, 0.15) is 51.3 Å². The summed E-state index contributed by atoms with van der Waals surface area (Å²) < 4.78 is 37.9. The van der Waals surface area contributed by atoms with E-state index in [1.165, 1.54) is 17.1 Å². The zero-order valence-electron chi connectivity index (χ0n) is 13.2. The SMILES string of the molecule is C=NN(C(=O)C(C)(C)C)C(CC)c1ccc(C(F)(F)F)cc1. The van der Waals surface area contributed by atoms with Gasteiger partial charge in [0.1, 0.15) is 0 Å². The molecule has 0 heterocycles. The molecule has 0 bridgehead atoms. The lowest BCUT2D eigenvalue weighted by molar-refractivity contribution is -0.142. The van der Waals surface area contributed by atoms with E-state index < -0.39 is 23.2 Å². The van der Waals surface area contributed by atoms with Gasteiger partial charge in [0.05, 0.1) is 11.6 Å². The first kappa shape index (κ1) is 18.2. The molecule has 0 aliphatic heterocycles. The van der Waals surface area contributed by atoms with Crippen LogP contribution >= 0.6 is 0 Å². The van der Waals surface area contributed by atoms with Crippen molar-refractivity contribution in [1.82, 2.24) is 5.01 Å². The summed E-state index contributed by atoms with van der Waals surface area (Å²) in [5, 5.41) is 5.04. The molecule has 1 rings (SSSR count). The second-order valence-corrected chi connectivity index (χ2v) is 6.08. The van der Waals surface area contributed by atoms with Crippen LogP contribution in [0.5, 0.6) is 0 Å². The van der Waals surface area contributed by atoms with Gasteiger partial charge in [0, 0.05) is 12.1 Å². The third-order valence-corrected chi connectivity index (χ3v) is 3.31. The molecule has 0 N–H and O–H groups in total. The van der Waals surface area contributed by atoms with Gasteiger partial charge >= 0.3 is 6.18 Å². The molecule has 122 valence electrons. The summed E-state index contributed by atoms with van der Waals surface area (Å²) in [6.07, 6.45) is -3.86. The molecule has 22 heavy (non-hydrogen) atoms. The van der Waals surface area contributed by atoms with Crippen LogP contribution in [-0.2, 0) is 11.0 Å². The molecule has 6 heteroatoms. The molecule has 1 aromatic rings. The van der Waals surface area contributed by atoms with Crippen LogP contribution in [0.3, 0.4) is 0 Å². The zero-order chi connectivity index (χ0) is 17.1. The zero-order valence-corrected chi connectivity index (χ0v) is 13.2. The number of amides is 1. The van der Waals surface area contributed by atoms with Crippen molar-refractivity contribution in [3.63, 3.8) is 0 Å². The van der Waals surface area contributed by atoms with Crippen LogP contribution in [0.2, 0.25) is 0 Å². The van der Waals surface area contributed by atoms with Gasteiger partial charge in [0.15, 0.2) is 0 Å². The first-order valence-electron chi connectivity index (χ1n) is 6.99. The molecule has 1 atom stereocenters. The lowest BCUT2D eigenvalue weighted by atomic mass is 9.93. The highest BCUT2D eigenvalue weighted by atomic mass is 19.4. The fraction of sp³-hybridized carbons (Fsp3) is 0.500. The number of carbonyl (C=O) groups is 1. The third kappa shape index (κ3) is 4.08. The van der Waals surface area contributed by atoms with Crippen molar-refractivity contribution in [3.8, 4) is 0 Å². The summed E-state index contributed by atoms with van der Waals surface area (Å²) in [5.74, 6) is -0.228. The van der Waals surface area contributed by atoms with Gasteiger partial charge < -0.3 is 0 Å². The molecule has 0 aromatic heterocycles. The Labute approximate surface area is 128 Å². The molecule has 1 amide bonds. The summed E-state index contributed by atoms with van der Waals surface area (Å²) in [6.45, 7) is 10.5. The predicted octanol–water partition coefficient (Wildman–Crippen LogP) is 4.65. The second kappa shape index (κ2) is 6.50. The van der Waals surface area contributed by atoms with Crippen LogP contribution in [0.4, 0.5) is 13.2 Å². The van der Waals surface area contributed by atoms with Crippen LogP contribution in [0.25, 0.3) is 0 Å². The van der Waals surface area contributed by atoms with Crippen molar-refractivity contribution >= 4 is 12.6 Å². The van der Waals surface area contributed by atoms with Gasteiger partial charge in [-0.15, -0.1) is 0 Å². The van der Waals surface area contributed by atoms with Crippen LogP contribution < -0.4 is 0 Å². The Balaban J connectivity index is 3.14. The van der Waals surface area contributed by atoms with Gasteiger partial charge in [0.2, 0.25) is 5.91 Å². The first-order chi connectivity index (χ1) is 10.0. The van der Waals surface area contributed by atoms with Crippen molar-refractivity contribution in [2.24, 2.45) is 10.5 Å². The number of hydrogen-bond acceptors (Lipinski definition) is 2. The molecule has 0 saturated carbocycles. The maximum Gasteiger partial charge on any atom is 0.416 e. The molecule has 0 aliphatic carbocycles. The van der Waals surface area contributed by atoms with Crippen molar-refractivity contribution in [2.75, 3.05) is 0 Å². The van der Waals surface area contributed by atoms with Crippen LogP contribution in [-0.4, -0.2) is 17.6 Å². The monoisotopic (exact) mass is 314 g/mol. The maximum absolute atomic E-state index is 12.6. The van der Waals surface area contributed by atoms with Gasteiger partial charge in [-0.2, -0.15) is 18.3 Å². The van der Waals surface area contributed by atoms with Gasteiger partial charge in [-0.3, -0.25) is 4.79 Å². The lowest BCUT2D eigenvalue weighted by Gasteiger charge is -2.31. The molecule has 0 spiro atoms. The van der Waals surface area contributed by atoms with E-state index in [1.807, 2.05) is 6.92 Å². The Kier molecular flexibility index (Phi) is 5.38. The highest BCUT2D eigenvalue weighted by Crippen LogP contribution is 2.33. The average Bonchev–Trinajstić information content (AvgIpc) is 2.42. The Bertz CT molecular complexity index is 530. The smallest absolute Gasteiger partial charge is 0.272 e. The summed E-state index contributed by atoms with van der Waals surface area (Å²) in [5.41, 5.74) is -0.771. The number of hydrogen-bond donors (Lipinski definition) is 0. The number of alkyl halides is 3. The molecular weight excluding hydrogens is 293 g/mol. The van der Waals surface area contributed by atoms with Gasteiger partial charge in [-0.1, -0.05) is 39.8 Å². The van der Waals surface area contributed by atoms with E-state index in [9.17, 15) is 18.0 Å². The largest absolute Gasteiger partial charge is 0.416 e. The van der Waals surface area contributed by atoms with Crippen molar-refractivity contribution in [3.05, 3.63) is 35.4 Å². The van der Waals surface area contributed by atoms with E-state index in [1.54, 1.807) is 20.8 Å². The summed E-state index contributed by atoms with van der Waals surface area (Å²) in [7, 11) is 0. The normalized spacial score (nSPS) is 13.6. The standard InChI is InChI=1S/C16H21F3N2O/c1-6-13(21(20-5)14(22)15(2,3)4)11-7-9-12(10-8-11)16(17,18)19/h7-10,13H,5-6H2,1-4H3. The minimum atomic E-state index is -4.38. The minimum absolute atomic E-state index is 0.228. The van der Waals surface area contributed by atoms with E-state index in [0.29, 0.717) is 12.0 Å². The summed E-state index contributed by atoms with van der Waals surface area (Å²) in [6, 6.07) is 4.35. The van der Waals surface area contributed by atoms with Crippen molar-refractivity contribution < 1.29 is 18.0 Å². The number of halogens is 3. The number of hydrazone groups is 1. The van der Waals surface area contributed by atoms with Crippen LogP contribution in [0, 0.1) is 5.41 Å². The van der Waals surface area contributed by atoms with E-state index >= 15 is 0 Å². The third-order valence-electron chi connectivity index (χ3n) is 3.31. The molecule has 0 radical (unpaired) electrons. The van der Waals surface area contributed by atoms with Gasteiger partial charge in [-0.05, 0) is 24.1 Å². The molecule has 0 fully saturated rings. The first-order valence-corrected chi connectivity index (χ1v) is 6.99. The molecule has 0 aliphatic rings. The Morgan fingerprint density at radius 3 is 2.05 bits per heavy atom. The predicted molar refractivity (Wildman–Crippen MR) is 80.3 cm³/mol. The van der Waals surface area contributed by atoms with Crippen LogP contribution in [0.15, 0.2) is 29.4 Å². The number of rotatable bonds is 4. The number of benzene rings is 1. The highest BCUT2D eigenvalue weighted by molar-refractivity contribution is 5.82. The van der Waals surface area contributed by atoms with E-state index in [4.69, 9.17) is 0 Å². The van der Waals surface area contributed by atoms with Crippen molar-refractivity contribution in [2.45, 2.75) is 46.3 Å². The van der Waals surface area contributed by atoms with E-state index in [-0.39, 0.29) is 5.91 Å². The summed E-state index contributed by atoms with van der Waals surface area (Å²) in [4.78, 5) is 12.4. The molecule has 1 unspecified atom stereocenters. The molecule has 1 aromatic carbocycles. The Hall–Kier alpha value is -1.85. The van der Waals surface area contributed by atoms with E-state index in [2.05, 4.69) is 11.8 Å². The van der Waals surface area contributed by atoms with E-state index in [0.717, 1.165) is 12.1 Å². The Morgan fingerprint density at radius 1 is 1.23 bits per heavy atom. The average molecular weight is 314 g/mol. The number of carbonyl (C=O) groups excluding carboxylic acids is 1. The maximum atomic E-state index is 12.6. The number of nitrogens with zero attached hydrogens (tertiary/aromatic N) is 2. The van der Waals surface area contributed by atoms with Gasteiger partial charge in [0.25, 0.3) is 0 Å².